The van der Waals surface area contributed by atoms with Gasteiger partial charge in [0.25, 0.3) is 0 Å². The number of ether oxygens (including phenoxy) is 2. The van der Waals surface area contributed by atoms with E-state index < -0.39 is 11.4 Å². The number of benzene rings is 1. The number of hydrogen-bond acceptors (Lipinski definition) is 4. The number of primary amides is 1. The van der Waals surface area contributed by atoms with E-state index in [1.807, 2.05) is 0 Å². The lowest BCUT2D eigenvalue weighted by molar-refractivity contribution is -0.123. The van der Waals surface area contributed by atoms with Crippen molar-refractivity contribution < 1.29 is 14.3 Å². The molecule has 106 valence electrons. The maximum atomic E-state index is 11.2. The van der Waals surface area contributed by atoms with Crippen molar-refractivity contribution in [1.82, 2.24) is 5.32 Å². The molecule has 0 aliphatic rings. The minimum absolute atomic E-state index is 0.418. The summed E-state index contributed by atoms with van der Waals surface area (Å²) in [5.41, 5.74) is 5.37. The van der Waals surface area contributed by atoms with E-state index in [1.54, 1.807) is 33.1 Å². The summed E-state index contributed by atoms with van der Waals surface area (Å²) in [6.07, 6.45) is 0. The van der Waals surface area contributed by atoms with Crippen LogP contribution in [0.15, 0.2) is 12.1 Å². The lowest BCUT2D eigenvalue weighted by atomic mass is 10.0. The second-order valence-electron chi connectivity index (χ2n) is 4.66. The first kappa shape index (κ1) is 15.6. The van der Waals surface area contributed by atoms with E-state index in [2.05, 4.69) is 5.32 Å². The van der Waals surface area contributed by atoms with Crippen molar-refractivity contribution in [1.29, 1.82) is 0 Å². The summed E-state index contributed by atoms with van der Waals surface area (Å²) in [5.74, 6) is 0.616. The van der Waals surface area contributed by atoms with Crippen LogP contribution in [0.2, 0.25) is 5.02 Å². The van der Waals surface area contributed by atoms with E-state index in [0.717, 1.165) is 5.56 Å². The van der Waals surface area contributed by atoms with Crippen LogP contribution < -0.4 is 20.5 Å². The summed E-state index contributed by atoms with van der Waals surface area (Å²) in [7, 11) is 3.07. The van der Waals surface area contributed by atoms with E-state index >= 15 is 0 Å². The monoisotopic (exact) mass is 286 g/mol. The van der Waals surface area contributed by atoms with E-state index in [4.69, 9.17) is 26.8 Å². The maximum absolute atomic E-state index is 11.2. The third-order valence-electron chi connectivity index (χ3n) is 2.84. The Bertz CT molecular complexity index is 475. The minimum atomic E-state index is -0.792. The molecular weight excluding hydrogens is 268 g/mol. The predicted octanol–water partition coefficient (Wildman–Crippen LogP) is 1.71. The van der Waals surface area contributed by atoms with Crippen LogP contribution in [0.4, 0.5) is 0 Å². The number of methoxy groups -OCH3 is 2. The molecule has 0 atom stereocenters. The van der Waals surface area contributed by atoms with Gasteiger partial charge in [-0.15, -0.1) is 0 Å². The fraction of sp³-hybridized carbons (Fsp3) is 0.462. The van der Waals surface area contributed by atoms with Crippen molar-refractivity contribution in [2.45, 2.75) is 25.9 Å². The van der Waals surface area contributed by atoms with Gasteiger partial charge in [0.15, 0.2) is 11.5 Å². The topological polar surface area (TPSA) is 73.6 Å². The molecule has 0 aliphatic heterocycles. The van der Waals surface area contributed by atoms with Crippen LogP contribution in [0.25, 0.3) is 0 Å². The van der Waals surface area contributed by atoms with Gasteiger partial charge in [-0.25, -0.2) is 0 Å². The highest BCUT2D eigenvalue weighted by Gasteiger charge is 2.24. The van der Waals surface area contributed by atoms with Gasteiger partial charge >= 0.3 is 0 Å². The summed E-state index contributed by atoms with van der Waals surface area (Å²) < 4.78 is 10.4. The van der Waals surface area contributed by atoms with Crippen LogP contribution in [0.5, 0.6) is 11.5 Å². The Morgan fingerprint density at radius 2 is 2.00 bits per heavy atom. The summed E-state index contributed by atoms with van der Waals surface area (Å²) >= 11 is 6.10. The Hall–Kier alpha value is -1.46. The van der Waals surface area contributed by atoms with Crippen LogP contribution in [0.3, 0.4) is 0 Å². The zero-order valence-electron chi connectivity index (χ0n) is 11.5. The Balaban J connectivity index is 2.92. The molecular formula is C13H19ClN2O3. The fourth-order valence-corrected chi connectivity index (χ4v) is 1.79. The summed E-state index contributed by atoms with van der Waals surface area (Å²) in [6, 6.07) is 3.56. The van der Waals surface area contributed by atoms with Crippen molar-refractivity contribution in [2.75, 3.05) is 14.2 Å². The molecule has 0 fully saturated rings. The third-order valence-corrected chi connectivity index (χ3v) is 3.12. The molecule has 0 saturated carbocycles. The Morgan fingerprint density at radius 3 is 2.47 bits per heavy atom. The second kappa shape index (κ2) is 6.12. The molecule has 1 aromatic rings. The zero-order valence-corrected chi connectivity index (χ0v) is 12.3. The summed E-state index contributed by atoms with van der Waals surface area (Å²) in [4.78, 5) is 11.2. The molecule has 3 N–H and O–H groups in total. The fourth-order valence-electron chi connectivity index (χ4n) is 1.48. The van der Waals surface area contributed by atoms with Gasteiger partial charge in [-0.1, -0.05) is 11.6 Å². The number of hydrogen-bond donors (Lipinski definition) is 2. The van der Waals surface area contributed by atoms with Crippen molar-refractivity contribution in [2.24, 2.45) is 5.73 Å². The molecule has 5 nitrogen and oxygen atoms in total. The van der Waals surface area contributed by atoms with Crippen LogP contribution in [0.1, 0.15) is 19.4 Å². The molecule has 0 spiro atoms. The molecule has 0 radical (unpaired) electrons. The molecule has 0 saturated heterocycles. The molecule has 6 heteroatoms. The Kier molecular flexibility index (Phi) is 5.03. The molecule has 0 aromatic heterocycles. The first-order valence-corrected chi connectivity index (χ1v) is 6.15. The SMILES string of the molecule is COc1cc(CNC(C)(C)C(N)=O)cc(Cl)c1OC. The van der Waals surface area contributed by atoms with E-state index in [1.165, 1.54) is 7.11 Å². The van der Waals surface area contributed by atoms with Gasteiger partial charge in [-0.05, 0) is 31.5 Å². The summed E-state index contributed by atoms with van der Waals surface area (Å²) in [5, 5.41) is 3.52. The molecule has 1 amide bonds. The number of carbonyl (C=O) groups excluding carboxylic acids is 1. The highest BCUT2D eigenvalue weighted by Crippen LogP contribution is 2.36. The van der Waals surface area contributed by atoms with E-state index in [9.17, 15) is 4.79 Å². The number of rotatable bonds is 6. The molecule has 1 aromatic carbocycles. The lowest BCUT2D eigenvalue weighted by Gasteiger charge is -2.22. The Labute approximate surface area is 118 Å². The largest absolute Gasteiger partial charge is 0.493 e. The predicted molar refractivity (Wildman–Crippen MR) is 74.7 cm³/mol. The average molecular weight is 287 g/mol. The quantitative estimate of drug-likeness (QED) is 0.835. The number of amides is 1. The zero-order chi connectivity index (χ0) is 14.6. The van der Waals surface area contributed by atoms with Gasteiger partial charge in [0, 0.05) is 6.54 Å². The van der Waals surface area contributed by atoms with Crippen molar-refractivity contribution in [3.63, 3.8) is 0 Å². The van der Waals surface area contributed by atoms with Gasteiger partial charge < -0.3 is 15.2 Å². The Morgan fingerprint density at radius 1 is 1.37 bits per heavy atom. The normalized spacial score (nSPS) is 11.2. The highest BCUT2D eigenvalue weighted by molar-refractivity contribution is 6.32. The molecule has 19 heavy (non-hydrogen) atoms. The van der Waals surface area contributed by atoms with Crippen LogP contribution in [-0.2, 0) is 11.3 Å². The third kappa shape index (κ3) is 3.75. The standard InChI is InChI=1S/C13H19ClN2O3/c1-13(2,12(15)17)16-7-8-5-9(14)11(19-4)10(6-8)18-3/h5-6,16H,7H2,1-4H3,(H2,15,17). The van der Waals surface area contributed by atoms with Gasteiger partial charge in [0.1, 0.15) is 0 Å². The van der Waals surface area contributed by atoms with Gasteiger partial charge in [0.05, 0.1) is 24.8 Å². The number of halogens is 1. The highest BCUT2D eigenvalue weighted by atomic mass is 35.5. The molecule has 0 bridgehead atoms. The minimum Gasteiger partial charge on any atom is -0.493 e. The van der Waals surface area contributed by atoms with E-state index in [-0.39, 0.29) is 0 Å². The molecule has 1 rings (SSSR count). The van der Waals surface area contributed by atoms with Gasteiger partial charge in [-0.3, -0.25) is 10.1 Å². The van der Waals surface area contributed by atoms with Crippen molar-refractivity contribution in [3.05, 3.63) is 22.7 Å². The maximum Gasteiger partial charge on any atom is 0.237 e. The van der Waals surface area contributed by atoms with Crippen LogP contribution >= 0.6 is 11.6 Å². The molecule has 0 heterocycles. The lowest BCUT2D eigenvalue weighted by Crippen LogP contribution is -2.50. The molecule has 0 aliphatic carbocycles. The van der Waals surface area contributed by atoms with Crippen LogP contribution in [-0.4, -0.2) is 25.7 Å². The smallest absolute Gasteiger partial charge is 0.237 e. The van der Waals surface area contributed by atoms with Crippen LogP contribution in [0, 0.1) is 0 Å². The number of nitrogens with one attached hydrogen (secondary N) is 1. The second-order valence-corrected chi connectivity index (χ2v) is 5.06. The average Bonchev–Trinajstić information content (AvgIpc) is 2.35. The van der Waals surface area contributed by atoms with Crippen molar-refractivity contribution in [3.8, 4) is 11.5 Å². The van der Waals surface area contributed by atoms with Gasteiger partial charge in [-0.2, -0.15) is 0 Å². The number of nitrogens with two attached hydrogens (primary N) is 1. The number of carbonyl (C=O) groups is 1. The van der Waals surface area contributed by atoms with Gasteiger partial charge in [0.2, 0.25) is 5.91 Å². The first-order chi connectivity index (χ1) is 8.81. The molecule has 0 unspecified atom stereocenters. The summed E-state index contributed by atoms with van der Waals surface area (Å²) in [6.45, 7) is 3.88. The first-order valence-electron chi connectivity index (χ1n) is 5.77. The van der Waals surface area contributed by atoms with E-state index in [0.29, 0.717) is 23.1 Å². The van der Waals surface area contributed by atoms with Crippen molar-refractivity contribution >= 4 is 17.5 Å².